The van der Waals surface area contributed by atoms with Crippen molar-refractivity contribution in [2.24, 2.45) is 0 Å². The summed E-state index contributed by atoms with van der Waals surface area (Å²) in [6.45, 7) is 6.06. The molecule has 3 aromatic rings. The molecule has 1 N–H and O–H groups in total. The van der Waals surface area contributed by atoms with Gasteiger partial charge in [-0.2, -0.15) is 0 Å². The summed E-state index contributed by atoms with van der Waals surface area (Å²) in [5, 5.41) is 6.82. The van der Waals surface area contributed by atoms with Gasteiger partial charge in [0.15, 0.2) is 5.82 Å². The summed E-state index contributed by atoms with van der Waals surface area (Å²) >= 11 is 0. The van der Waals surface area contributed by atoms with Gasteiger partial charge in [0.1, 0.15) is 17.3 Å². The third-order valence-electron chi connectivity index (χ3n) is 4.70. The zero-order valence-electron chi connectivity index (χ0n) is 16.2. The number of aromatic nitrogens is 3. The summed E-state index contributed by atoms with van der Waals surface area (Å²) in [6, 6.07) is 9.80. The van der Waals surface area contributed by atoms with Crippen molar-refractivity contribution in [1.29, 1.82) is 0 Å². The summed E-state index contributed by atoms with van der Waals surface area (Å²) in [5.74, 6) is 1.04. The van der Waals surface area contributed by atoms with E-state index in [4.69, 9.17) is 4.52 Å². The topological polar surface area (TPSA) is 87.4 Å². The summed E-state index contributed by atoms with van der Waals surface area (Å²) in [4.78, 5) is 25.5. The summed E-state index contributed by atoms with van der Waals surface area (Å²) in [6.07, 6.45) is 0. The van der Waals surface area contributed by atoms with Gasteiger partial charge in [-0.3, -0.25) is 4.79 Å². The Morgan fingerprint density at radius 3 is 2.45 bits per heavy atom. The van der Waals surface area contributed by atoms with Gasteiger partial charge in [-0.05, 0) is 44.2 Å². The largest absolute Gasteiger partial charge is 0.368 e. The van der Waals surface area contributed by atoms with Gasteiger partial charge < -0.3 is 19.6 Å². The predicted molar refractivity (Wildman–Crippen MR) is 106 cm³/mol. The van der Waals surface area contributed by atoms with E-state index in [1.807, 2.05) is 6.92 Å². The number of benzene rings is 1. The molecule has 1 aromatic carbocycles. The van der Waals surface area contributed by atoms with Crippen LogP contribution in [0.5, 0.6) is 0 Å². The molecule has 1 amide bonds. The van der Waals surface area contributed by atoms with E-state index in [0.717, 1.165) is 5.69 Å². The van der Waals surface area contributed by atoms with E-state index in [-0.39, 0.29) is 11.7 Å². The number of halogens is 1. The minimum Gasteiger partial charge on any atom is -0.368 e. The highest BCUT2D eigenvalue weighted by Crippen LogP contribution is 2.19. The van der Waals surface area contributed by atoms with Gasteiger partial charge in [-0.25, -0.2) is 14.4 Å². The van der Waals surface area contributed by atoms with Crippen molar-refractivity contribution in [2.75, 3.05) is 36.4 Å². The fourth-order valence-corrected chi connectivity index (χ4v) is 3.26. The molecule has 4 rings (SSSR count). The fraction of sp³-hybridized carbons (Fsp3) is 0.300. The number of amides is 1. The molecule has 1 aliphatic rings. The van der Waals surface area contributed by atoms with Crippen LogP contribution in [0.3, 0.4) is 0 Å². The Bertz CT molecular complexity index is 1010. The number of carbonyl (C=O) groups excluding carboxylic acids is 1. The third kappa shape index (κ3) is 4.34. The molecule has 3 heterocycles. The zero-order valence-corrected chi connectivity index (χ0v) is 16.2. The fourth-order valence-electron chi connectivity index (χ4n) is 3.26. The van der Waals surface area contributed by atoms with Crippen LogP contribution in [0, 0.1) is 19.7 Å². The van der Waals surface area contributed by atoms with Crippen LogP contribution in [0.2, 0.25) is 0 Å². The first-order valence-corrected chi connectivity index (χ1v) is 9.34. The minimum atomic E-state index is -0.258. The summed E-state index contributed by atoms with van der Waals surface area (Å²) in [5.41, 5.74) is 1.96. The highest BCUT2D eigenvalue weighted by molar-refractivity contribution is 5.93. The summed E-state index contributed by atoms with van der Waals surface area (Å²) < 4.78 is 18.1. The van der Waals surface area contributed by atoms with E-state index in [1.165, 1.54) is 12.1 Å². The molecule has 0 unspecified atom stereocenters. The zero-order chi connectivity index (χ0) is 20.4. The molecule has 0 radical (unpaired) electrons. The van der Waals surface area contributed by atoms with Crippen molar-refractivity contribution in [3.8, 4) is 0 Å². The second-order valence-electron chi connectivity index (χ2n) is 6.92. The lowest BCUT2D eigenvalue weighted by Crippen LogP contribution is -2.49. The maximum absolute atomic E-state index is 13.1. The second-order valence-corrected chi connectivity index (χ2v) is 6.92. The van der Waals surface area contributed by atoms with Gasteiger partial charge in [0.25, 0.3) is 5.91 Å². The average molecular weight is 396 g/mol. The number of carbonyl (C=O) groups is 1. The molecule has 0 atom stereocenters. The van der Waals surface area contributed by atoms with E-state index >= 15 is 0 Å². The quantitative estimate of drug-likeness (QED) is 0.725. The van der Waals surface area contributed by atoms with E-state index < -0.39 is 0 Å². The lowest BCUT2D eigenvalue weighted by atomic mass is 10.2. The Kier molecular flexibility index (Phi) is 5.11. The van der Waals surface area contributed by atoms with Crippen LogP contribution in [0.15, 0.2) is 40.9 Å². The first-order valence-electron chi connectivity index (χ1n) is 9.34. The molecule has 150 valence electrons. The molecular weight excluding hydrogens is 375 g/mol. The van der Waals surface area contributed by atoms with E-state index in [0.29, 0.717) is 55.1 Å². The molecule has 0 aliphatic carbocycles. The maximum Gasteiger partial charge on any atom is 0.272 e. The molecule has 1 saturated heterocycles. The summed E-state index contributed by atoms with van der Waals surface area (Å²) in [7, 11) is 0. The van der Waals surface area contributed by atoms with Crippen LogP contribution >= 0.6 is 0 Å². The molecule has 1 fully saturated rings. The van der Waals surface area contributed by atoms with E-state index in [2.05, 4.69) is 25.3 Å². The molecule has 0 spiro atoms. The van der Waals surface area contributed by atoms with Crippen LogP contribution in [-0.2, 0) is 0 Å². The van der Waals surface area contributed by atoms with Crippen LogP contribution in [0.25, 0.3) is 0 Å². The molecule has 0 saturated carbocycles. The van der Waals surface area contributed by atoms with Gasteiger partial charge >= 0.3 is 0 Å². The van der Waals surface area contributed by atoms with Gasteiger partial charge in [-0.1, -0.05) is 5.16 Å². The van der Waals surface area contributed by atoms with Gasteiger partial charge in [0.2, 0.25) is 5.95 Å². The first kappa shape index (κ1) is 18.9. The Hall–Kier alpha value is -3.49. The Morgan fingerprint density at radius 2 is 1.79 bits per heavy atom. The molecule has 2 aromatic heterocycles. The normalized spacial score (nSPS) is 14.2. The second kappa shape index (κ2) is 7.86. The van der Waals surface area contributed by atoms with Crippen molar-refractivity contribution in [2.45, 2.75) is 13.8 Å². The van der Waals surface area contributed by atoms with Gasteiger partial charge in [-0.15, -0.1) is 0 Å². The SMILES string of the molecule is Cc1cc(C(=O)N2CCN(c3ccc(F)cc3)CC2)nc(Nc2cc(C)on2)n1. The standard InChI is InChI=1S/C20H21FN6O2/c1-13-11-17(23-20(22-13)24-18-12-14(2)29-25-18)19(28)27-9-7-26(8-10-27)16-5-3-15(21)4-6-16/h3-6,11-12H,7-10H2,1-2H3,(H,22,23,24,25). The maximum atomic E-state index is 13.1. The van der Waals surface area contributed by atoms with Crippen molar-refractivity contribution in [3.05, 3.63) is 59.4 Å². The van der Waals surface area contributed by atoms with E-state index in [9.17, 15) is 9.18 Å². The van der Waals surface area contributed by atoms with Crippen LogP contribution in [0.1, 0.15) is 21.9 Å². The first-order chi connectivity index (χ1) is 14.0. The number of piperazine rings is 1. The van der Waals surface area contributed by atoms with Crippen molar-refractivity contribution in [3.63, 3.8) is 0 Å². The number of nitrogens with zero attached hydrogens (tertiary/aromatic N) is 5. The lowest BCUT2D eigenvalue weighted by molar-refractivity contribution is 0.0740. The molecule has 8 nitrogen and oxygen atoms in total. The van der Waals surface area contributed by atoms with Crippen molar-refractivity contribution >= 4 is 23.4 Å². The molecule has 9 heteroatoms. The third-order valence-corrected chi connectivity index (χ3v) is 4.70. The monoisotopic (exact) mass is 396 g/mol. The highest BCUT2D eigenvalue weighted by atomic mass is 19.1. The lowest BCUT2D eigenvalue weighted by Gasteiger charge is -2.36. The number of anilines is 3. The Morgan fingerprint density at radius 1 is 1.07 bits per heavy atom. The number of rotatable bonds is 4. The molecule has 1 aliphatic heterocycles. The number of aryl methyl sites for hydroxylation is 2. The molecule has 0 bridgehead atoms. The predicted octanol–water partition coefficient (Wildman–Crippen LogP) is 2.93. The molecule has 29 heavy (non-hydrogen) atoms. The van der Waals surface area contributed by atoms with Crippen LogP contribution in [-0.4, -0.2) is 52.1 Å². The average Bonchev–Trinajstić information content (AvgIpc) is 3.12. The minimum absolute atomic E-state index is 0.145. The number of nitrogens with one attached hydrogen (secondary N) is 1. The van der Waals surface area contributed by atoms with Crippen molar-refractivity contribution < 1.29 is 13.7 Å². The van der Waals surface area contributed by atoms with Gasteiger partial charge in [0, 0.05) is 43.6 Å². The number of hydrogen-bond acceptors (Lipinski definition) is 7. The Labute approximate surface area is 167 Å². The van der Waals surface area contributed by atoms with Crippen LogP contribution in [0.4, 0.5) is 21.8 Å². The highest BCUT2D eigenvalue weighted by Gasteiger charge is 2.24. The smallest absolute Gasteiger partial charge is 0.272 e. The van der Waals surface area contributed by atoms with E-state index in [1.54, 1.807) is 36.1 Å². The molecular formula is C20H21FN6O2. The van der Waals surface area contributed by atoms with Gasteiger partial charge in [0.05, 0.1) is 0 Å². The van der Waals surface area contributed by atoms with Crippen molar-refractivity contribution in [1.82, 2.24) is 20.0 Å². The Balaban J connectivity index is 1.43. The van der Waals surface area contributed by atoms with Crippen LogP contribution < -0.4 is 10.2 Å². The number of hydrogen-bond donors (Lipinski definition) is 1.